The van der Waals surface area contributed by atoms with E-state index in [-0.39, 0.29) is 36.3 Å². The van der Waals surface area contributed by atoms with Gasteiger partial charge >= 0.3 is 0 Å². The van der Waals surface area contributed by atoms with E-state index in [2.05, 4.69) is 21.0 Å². The van der Waals surface area contributed by atoms with E-state index in [0.717, 1.165) is 12.5 Å². The minimum atomic E-state index is -2.95. The van der Waals surface area contributed by atoms with Crippen molar-refractivity contribution < 1.29 is 13.2 Å². The standard InChI is InChI=1S/C13H23N3O3S2.HI/c1-3-14-13(16-10-12-4-8-20-11-12)15-5-6-19-7-9-21(2,17)18;/h4,8,11H,3,5-7,9-10H2,1-2H3,(H2,14,15,16);1H. The second-order valence-electron chi connectivity index (χ2n) is 4.50. The van der Waals surface area contributed by atoms with Crippen LogP contribution in [0.25, 0.3) is 0 Å². The van der Waals surface area contributed by atoms with Gasteiger partial charge in [-0.2, -0.15) is 11.3 Å². The van der Waals surface area contributed by atoms with Gasteiger partial charge in [0, 0.05) is 19.3 Å². The van der Waals surface area contributed by atoms with Gasteiger partial charge in [0.05, 0.1) is 25.5 Å². The number of ether oxygens (including phenoxy) is 1. The molecule has 1 aromatic rings. The van der Waals surface area contributed by atoms with Gasteiger partial charge in [-0.15, -0.1) is 24.0 Å². The summed E-state index contributed by atoms with van der Waals surface area (Å²) in [5.74, 6) is 0.787. The highest BCUT2D eigenvalue weighted by molar-refractivity contribution is 14.0. The van der Waals surface area contributed by atoms with Crippen LogP contribution >= 0.6 is 35.3 Å². The van der Waals surface area contributed by atoms with Crippen LogP contribution < -0.4 is 10.6 Å². The van der Waals surface area contributed by atoms with Gasteiger partial charge in [0.1, 0.15) is 9.84 Å². The molecule has 128 valence electrons. The monoisotopic (exact) mass is 461 g/mol. The Hall–Kier alpha value is -0.390. The smallest absolute Gasteiger partial charge is 0.191 e. The number of hydrogen-bond donors (Lipinski definition) is 2. The number of guanidine groups is 1. The van der Waals surface area contributed by atoms with Crippen molar-refractivity contribution in [1.82, 2.24) is 10.6 Å². The van der Waals surface area contributed by atoms with Gasteiger partial charge in [0.25, 0.3) is 0 Å². The molecule has 0 atom stereocenters. The van der Waals surface area contributed by atoms with Crippen LogP contribution in [0.5, 0.6) is 0 Å². The van der Waals surface area contributed by atoms with Gasteiger partial charge in [-0.05, 0) is 29.3 Å². The summed E-state index contributed by atoms with van der Waals surface area (Å²) in [7, 11) is -2.95. The molecule has 0 aromatic carbocycles. The lowest BCUT2D eigenvalue weighted by molar-refractivity contribution is 0.154. The van der Waals surface area contributed by atoms with Crippen LogP contribution in [0.3, 0.4) is 0 Å². The molecule has 0 aliphatic rings. The third kappa shape index (κ3) is 11.2. The lowest BCUT2D eigenvalue weighted by atomic mass is 10.3. The summed E-state index contributed by atoms with van der Waals surface area (Å²) in [6.45, 7) is 4.67. The van der Waals surface area contributed by atoms with Crippen LogP contribution in [0.4, 0.5) is 0 Å². The molecule has 1 heterocycles. The second kappa shape index (κ2) is 12.1. The van der Waals surface area contributed by atoms with E-state index >= 15 is 0 Å². The Balaban J connectivity index is 0.00000441. The minimum absolute atomic E-state index is 0. The van der Waals surface area contributed by atoms with E-state index in [0.29, 0.717) is 19.7 Å². The summed E-state index contributed by atoms with van der Waals surface area (Å²) >= 11 is 1.65. The van der Waals surface area contributed by atoms with E-state index < -0.39 is 9.84 Å². The van der Waals surface area contributed by atoms with Crippen molar-refractivity contribution >= 4 is 51.1 Å². The Bertz CT molecular complexity index is 519. The molecule has 0 saturated heterocycles. The summed E-state index contributed by atoms with van der Waals surface area (Å²) in [4.78, 5) is 4.46. The van der Waals surface area contributed by atoms with Crippen LogP contribution in [-0.4, -0.2) is 52.7 Å². The highest BCUT2D eigenvalue weighted by atomic mass is 127. The number of nitrogens with one attached hydrogen (secondary N) is 2. The van der Waals surface area contributed by atoms with Crippen LogP contribution in [0, 0.1) is 0 Å². The molecule has 1 aromatic heterocycles. The molecule has 0 saturated carbocycles. The SMILES string of the molecule is CCNC(=NCc1ccsc1)NCCOCCS(C)(=O)=O.I. The molecule has 0 spiro atoms. The number of rotatable bonds is 9. The number of nitrogens with zero attached hydrogens (tertiary/aromatic N) is 1. The maximum atomic E-state index is 10.9. The minimum Gasteiger partial charge on any atom is -0.379 e. The fourth-order valence-electron chi connectivity index (χ4n) is 1.45. The van der Waals surface area contributed by atoms with E-state index in [4.69, 9.17) is 4.74 Å². The van der Waals surface area contributed by atoms with E-state index in [1.165, 1.54) is 11.8 Å². The highest BCUT2D eigenvalue weighted by Crippen LogP contribution is 2.06. The zero-order valence-corrected chi connectivity index (χ0v) is 16.8. The lowest BCUT2D eigenvalue weighted by Crippen LogP contribution is -2.39. The van der Waals surface area contributed by atoms with Crippen molar-refractivity contribution in [2.45, 2.75) is 13.5 Å². The van der Waals surface area contributed by atoms with Crippen molar-refractivity contribution in [1.29, 1.82) is 0 Å². The number of thiophene rings is 1. The first-order valence-corrected chi connectivity index (χ1v) is 9.80. The van der Waals surface area contributed by atoms with E-state index in [1.54, 1.807) is 11.3 Å². The van der Waals surface area contributed by atoms with Gasteiger partial charge in [-0.25, -0.2) is 13.4 Å². The third-order valence-corrected chi connectivity index (χ3v) is 4.12. The normalized spacial score (nSPS) is 11.8. The number of halogens is 1. The average Bonchev–Trinajstić information content (AvgIpc) is 2.91. The van der Waals surface area contributed by atoms with E-state index in [9.17, 15) is 8.42 Å². The van der Waals surface area contributed by atoms with Gasteiger partial charge in [0.15, 0.2) is 5.96 Å². The van der Waals surface area contributed by atoms with Crippen LogP contribution in [0.2, 0.25) is 0 Å². The van der Waals surface area contributed by atoms with Crippen molar-refractivity contribution in [2.24, 2.45) is 4.99 Å². The largest absolute Gasteiger partial charge is 0.379 e. The second-order valence-corrected chi connectivity index (χ2v) is 7.54. The summed E-state index contributed by atoms with van der Waals surface area (Å²) in [5.41, 5.74) is 1.18. The molecule has 0 radical (unpaired) electrons. The van der Waals surface area contributed by atoms with Gasteiger partial charge < -0.3 is 15.4 Å². The quantitative estimate of drug-likeness (QED) is 0.252. The van der Waals surface area contributed by atoms with E-state index in [1.807, 2.05) is 18.4 Å². The van der Waals surface area contributed by atoms with Crippen molar-refractivity contribution in [2.75, 3.05) is 38.3 Å². The Morgan fingerprint density at radius 1 is 1.36 bits per heavy atom. The molecule has 0 unspecified atom stereocenters. The van der Waals surface area contributed by atoms with Crippen molar-refractivity contribution in [3.8, 4) is 0 Å². The van der Waals surface area contributed by atoms with Gasteiger partial charge in [0.2, 0.25) is 0 Å². The summed E-state index contributed by atoms with van der Waals surface area (Å²) in [5, 5.41) is 10.4. The van der Waals surface area contributed by atoms with Crippen LogP contribution in [0.1, 0.15) is 12.5 Å². The molecule has 0 fully saturated rings. The van der Waals surface area contributed by atoms with Gasteiger partial charge in [-0.3, -0.25) is 0 Å². The van der Waals surface area contributed by atoms with Crippen LogP contribution in [-0.2, 0) is 21.1 Å². The lowest BCUT2D eigenvalue weighted by Gasteiger charge is -2.11. The molecule has 2 N–H and O–H groups in total. The molecule has 0 aliphatic heterocycles. The topological polar surface area (TPSA) is 79.8 Å². The average molecular weight is 461 g/mol. The number of sulfone groups is 1. The zero-order chi connectivity index (χ0) is 15.6. The molecule has 1 rings (SSSR count). The molecule has 6 nitrogen and oxygen atoms in total. The Morgan fingerprint density at radius 3 is 2.73 bits per heavy atom. The van der Waals surface area contributed by atoms with Crippen molar-refractivity contribution in [3.05, 3.63) is 22.4 Å². The van der Waals surface area contributed by atoms with Crippen molar-refractivity contribution in [3.63, 3.8) is 0 Å². The summed E-state index contributed by atoms with van der Waals surface area (Å²) < 4.78 is 27.1. The maximum absolute atomic E-state index is 10.9. The first kappa shape index (κ1) is 21.6. The number of hydrogen-bond acceptors (Lipinski definition) is 5. The van der Waals surface area contributed by atoms with Crippen LogP contribution in [0.15, 0.2) is 21.8 Å². The highest BCUT2D eigenvalue weighted by Gasteiger charge is 2.01. The molecule has 0 aliphatic carbocycles. The predicted octanol–water partition coefficient (Wildman–Crippen LogP) is 1.48. The first-order valence-electron chi connectivity index (χ1n) is 6.80. The fourth-order valence-corrected chi connectivity index (χ4v) is 2.53. The summed E-state index contributed by atoms with van der Waals surface area (Å²) in [6.07, 6.45) is 1.20. The fraction of sp³-hybridized carbons (Fsp3) is 0.615. The Kier molecular flexibility index (Phi) is 11.9. The maximum Gasteiger partial charge on any atom is 0.191 e. The Morgan fingerprint density at radius 2 is 2.14 bits per heavy atom. The van der Waals surface area contributed by atoms with Gasteiger partial charge in [-0.1, -0.05) is 0 Å². The molecule has 0 bridgehead atoms. The molecular formula is C13H24IN3O3S2. The number of aliphatic imine (C=N–C) groups is 1. The zero-order valence-electron chi connectivity index (χ0n) is 12.9. The Labute approximate surface area is 153 Å². The molecule has 0 amide bonds. The molecule has 22 heavy (non-hydrogen) atoms. The molecular weight excluding hydrogens is 437 g/mol. The third-order valence-electron chi connectivity index (χ3n) is 2.48. The molecule has 9 heteroatoms. The predicted molar refractivity (Wildman–Crippen MR) is 103 cm³/mol. The summed E-state index contributed by atoms with van der Waals surface area (Å²) in [6, 6.07) is 2.05. The first-order chi connectivity index (χ1) is 10.0.